The van der Waals surface area contributed by atoms with Gasteiger partial charge in [-0.1, -0.05) is 50.3 Å². The lowest BCUT2D eigenvalue weighted by Gasteiger charge is -2.36. The summed E-state index contributed by atoms with van der Waals surface area (Å²) in [5, 5.41) is 5.66. The van der Waals surface area contributed by atoms with E-state index in [0.717, 1.165) is 0 Å². The smallest absolute Gasteiger partial charge is 0.408 e. The second-order valence-corrected chi connectivity index (χ2v) is 10.2. The van der Waals surface area contributed by atoms with Gasteiger partial charge in [-0.25, -0.2) is 4.79 Å². The number of carbonyl (C=O) groups excluding carboxylic acids is 3. The van der Waals surface area contributed by atoms with Gasteiger partial charge in [0.25, 0.3) is 0 Å². The van der Waals surface area contributed by atoms with Crippen LogP contribution in [-0.2, 0) is 14.3 Å². The predicted molar refractivity (Wildman–Crippen MR) is 127 cm³/mol. The molecule has 0 aliphatic heterocycles. The van der Waals surface area contributed by atoms with Gasteiger partial charge in [0.05, 0.1) is 0 Å². The van der Waals surface area contributed by atoms with Crippen LogP contribution in [0.15, 0.2) is 43.0 Å². The maximum Gasteiger partial charge on any atom is 0.408 e. The molecule has 0 radical (unpaired) electrons. The lowest BCUT2D eigenvalue weighted by atomic mass is 9.98. The van der Waals surface area contributed by atoms with Gasteiger partial charge in [-0.05, 0) is 53.0 Å². The second-order valence-electron chi connectivity index (χ2n) is 10.2. The molecule has 0 heterocycles. The van der Waals surface area contributed by atoms with E-state index < -0.39 is 29.3 Å². The molecule has 7 nitrogen and oxygen atoms in total. The molecule has 0 spiro atoms. The average Bonchev–Trinajstić information content (AvgIpc) is 2.63. The zero-order chi connectivity index (χ0) is 24.7. The van der Waals surface area contributed by atoms with Gasteiger partial charge in [-0.2, -0.15) is 0 Å². The molecule has 0 fully saturated rings. The Morgan fingerprint density at radius 3 is 2.06 bits per heavy atom. The first-order valence-corrected chi connectivity index (χ1v) is 10.9. The highest BCUT2D eigenvalue weighted by molar-refractivity contribution is 5.92. The third-order valence-electron chi connectivity index (χ3n) is 4.39. The van der Waals surface area contributed by atoms with Gasteiger partial charge in [-0.15, -0.1) is 6.58 Å². The highest BCUT2D eigenvalue weighted by Crippen LogP contribution is 2.24. The van der Waals surface area contributed by atoms with E-state index >= 15 is 0 Å². The number of hydrogen-bond donors (Lipinski definition) is 2. The second kappa shape index (κ2) is 11.2. The summed E-state index contributed by atoms with van der Waals surface area (Å²) in [6.45, 7) is 18.5. The highest BCUT2D eigenvalue weighted by atomic mass is 16.6. The lowest BCUT2D eigenvalue weighted by molar-refractivity contribution is -0.143. The Bertz CT molecular complexity index is 792. The molecule has 178 valence electrons. The summed E-state index contributed by atoms with van der Waals surface area (Å²) >= 11 is 0. The molecule has 0 aromatic heterocycles. The third-order valence-corrected chi connectivity index (χ3v) is 4.39. The maximum atomic E-state index is 13.7. The summed E-state index contributed by atoms with van der Waals surface area (Å²) in [5.41, 5.74) is -0.516. The van der Waals surface area contributed by atoms with Gasteiger partial charge in [0.15, 0.2) is 0 Å². The molecule has 2 unspecified atom stereocenters. The van der Waals surface area contributed by atoms with Crippen molar-refractivity contribution in [3.05, 3.63) is 48.6 Å². The van der Waals surface area contributed by atoms with Crippen molar-refractivity contribution in [3.63, 3.8) is 0 Å². The van der Waals surface area contributed by atoms with E-state index in [1.165, 1.54) is 4.90 Å². The Kier molecular flexibility index (Phi) is 9.49. The number of amides is 3. The van der Waals surface area contributed by atoms with Crippen LogP contribution in [-0.4, -0.2) is 46.5 Å². The number of ether oxygens (including phenoxy) is 1. The summed E-state index contributed by atoms with van der Waals surface area (Å²) < 4.78 is 5.35. The molecule has 1 rings (SSSR count). The van der Waals surface area contributed by atoms with Gasteiger partial charge in [0, 0.05) is 12.1 Å². The Hall–Kier alpha value is -2.83. The molecule has 1 aromatic rings. The summed E-state index contributed by atoms with van der Waals surface area (Å²) in [4.78, 5) is 40.9. The predicted octanol–water partition coefficient (Wildman–Crippen LogP) is 4.21. The first-order chi connectivity index (χ1) is 14.7. The standard InChI is InChI=1S/C25H39N3O4/c1-10-16-28(22(30)19(17(2)3)26-23(31)32-25(7,8)9)20(18-14-12-11-13-15-18)21(29)27-24(4,5)6/h10-15,17,19-20H,1,16H2,2-9H3,(H,26,31)(H,27,29). The van der Waals surface area contributed by atoms with E-state index in [1.54, 1.807) is 26.8 Å². The Labute approximate surface area is 192 Å². The first-order valence-electron chi connectivity index (χ1n) is 10.9. The van der Waals surface area contributed by atoms with Crippen molar-refractivity contribution in [1.29, 1.82) is 0 Å². The zero-order valence-corrected chi connectivity index (χ0v) is 20.7. The molecule has 1 aromatic carbocycles. The molecule has 7 heteroatoms. The van der Waals surface area contributed by atoms with Crippen molar-refractivity contribution >= 4 is 17.9 Å². The SMILES string of the molecule is C=CCN(C(=O)C(NC(=O)OC(C)(C)C)C(C)C)C(C(=O)NC(C)(C)C)c1ccccc1. The quantitative estimate of drug-likeness (QED) is 0.587. The fourth-order valence-electron chi connectivity index (χ4n) is 3.13. The van der Waals surface area contributed by atoms with E-state index in [4.69, 9.17) is 4.74 Å². The molecule has 2 N–H and O–H groups in total. The molecule has 0 aliphatic rings. The first kappa shape index (κ1) is 27.2. The Morgan fingerprint density at radius 1 is 1.06 bits per heavy atom. The van der Waals surface area contributed by atoms with Crippen LogP contribution in [0.5, 0.6) is 0 Å². The van der Waals surface area contributed by atoms with Gasteiger partial charge in [0.1, 0.15) is 17.7 Å². The fraction of sp³-hybridized carbons (Fsp3) is 0.560. The van der Waals surface area contributed by atoms with Gasteiger partial charge >= 0.3 is 6.09 Å². The fourth-order valence-corrected chi connectivity index (χ4v) is 3.13. The summed E-state index contributed by atoms with van der Waals surface area (Å²) in [5.74, 6) is -0.924. The number of benzene rings is 1. The van der Waals surface area contributed by atoms with Crippen molar-refractivity contribution < 1.29 is 19.1 Å². The van der Waals surface area contributed by atoms with E-state index in [2.05, 4.69) is 17.2 Å². The minimum Gasteiger partial charge on any atom is -0.444 e. The van der Waals surface area contributed by atoms with Gasteiger partial charge in [-0.3, -0.25) is 9.59 Å². The van der Waals surface area contributed by atoms with E-state index in [9.17, 15) is 14.4 Å². The van der Waals surface area contributed by atoms with Crippen LogP contribution < -0.4 is 10.6 Å². The minimum absolute atomic E-state index is 0.134. The van der Waals surface area contributed by atoms with Crippen molar-refractivity contribution in [2.75, 3.05) is 6.54 Å². The Morgan fingerprint density at radius 2 is 1.62 bits per heavy atom. The minimum atomic E-state index is -0.886. The monoisotopic (exact) mass is 445 g/mol. The topological polar surface area (TPSA) is 87.7 Å². The molecule has 3 amide bonds. The van der Waals surface area contributed by atoms with E-state index in [1.807, 2.05) is 65.0 Å². The summed E-state index contributed by atoms with van der Waals surface area (Å²) in [6.07, 6.45) is 0.891. The Balaban J connectivity index is 3.37. The third kappa shape index (κ3) is 8.73. The number of rotatable bonds is 8. The van der Waals surface area contributed by atoms with Crippen LogP contribution in [0.3, 0.4) is 0 Å². The van der Waals surface area contributed by atoms with Gasteiger partial charge < -0.3 is 20.3 Å². The van der Waals surface area contributed by atoms with Crippen LogP contribution in [0, 0.1) is 5.92 Å². The average molecular weight is 446 g/mol. The van der Waals surface area contributed by atoms with Crippen LogP contribution in [0.2, 0.25) is 0 Å². The lowest BCUT2D eigenvalue weighted by Crippen LogP contribution is -2.56. The maximum absolute atomic E-state index is 13.7. The molecule has 0 saturated carbocycles. The number of nitrogens with zero attached hydrogens (tertiary/aromatic N) is 1. The highest BCUT2D eigenvalue weighted by Gasteiger charge is 2.37. The van der Waals surface area contributed by atoms with Crippen LogP contribution >= 0.6 is 0 Å². The zero-order valence-electron chi connectivity index (χ0n) is 20.7. The molecule has 32 heavy (non-hydrogen) atoms. The number of carbonyl (C=O) groups is 3. The summed E-state index contributed by atoms with van der Waals surface area (Å²) in [6, 6.07) is 7.35. The molecular weight excluding hydrogens is 406 g/mol. The van der Waals surface area contributed by atoms with E-state index in [0.29, 0.717) is 5.56 Å². The van der Waals surface area contributed by atoms with Crippen LogP contribution in [0.25, 0.3) is 0 Å². The van der Waals surface area contributed by atoms with Crippen molar-refractivity contribution in [2.24, 2.45) is 5.92 Å². The van der Waals surface area contributed by atoms with E-state index in [-0.39, 0.29) is 24.3 Å². The van der Waals surface area contributed by atoms with Crippen molar-refractivity contribution in [3.8, 4) is 0 Å². The normalized spacial score (nSPS) is 13.7. The number of nitrogens with one attached hydrogen (secondary N) is 2. The van der Waals surface area contributed by atoms with Crippen molar-refractivity contribution in [2.45, 2.75) is 78.6 Å². The van der Waals surface area contributed by atoms with Gasteiger partial charge in [0.2, 0.25) is 11.8 Å². The largest absolute Gasteiger partial charge is 0.444 e. The number of alkyl carbamates (subject to hydrolysis) is 1. The summed E-state index contributed by atoms with van der Waals surface area (Å²) in [7, 11) is 0. The van der Waals surface area contributed by atoms with Crippen LogP contribution in [0.4, 0.5) is 4.79 Å². The molecule has 2 atom stereocenters. The molecular formula is C25H39N3O4. The van der Waals surface area contributed by atoms with Crippen molar-refractivity contribution in [1.82, 2.24) is 15.5 Å². The molecule has 0 saturated heterocycles. The molecule has 0 bridgehead atoms. The van der Waals surface area contributed by atoms with Crippen LogP contribution in [0.1, 0.15) is 67.0 Å². The number of hydrogen-bond acceptors (Lipinski definition) is 4. The molecule has 0 aliphatic carbocycles.